The molecule has 4 heteroatoms. The monoisotopic (exact) mass is 818 g/mol. The zero-order valence-electron chi connectivity index (χ0n) is 34.7. The second kappa shape index (κ2) is 14.5. The first-order valence-corrected chi connectivity index (χ1v) is 21.8. The van der Waals surface area contributed by atoms with Crippen molar-refractivity contribution in [1.82, 2.24) is 4.57 Å². The maximum atomic E-state index is 7.05. The van der Waals surface area contributed by atoms with Gasteiger partial charge in [-0.25, -0.2) is 0 Å². The van der Waals surface area contributed by atoms with E-state index in [-0.39, 0.29) is 0 Å². The second-order valence-corrected chi connectivity index (χ2v) is 16.4. The Labute approximate surface area is 369 Å². The number of hydrogen-bond acceptors (Lipinski definition) is 3. The van der Waals surface area contributed by atoms with Crippen molar-refractivity contribution >= 4 is 82.7 Å². The molecule has 0 fully saturated rings. The van der Waals surface area contributed by atoms with E-state index >= 15 is 0 Å². The number of furan rings is 2. The summed E-state index contributed by atoms with van der Waals surface area (Å²) in [5.41, 5.74) is 16.5. The maximum Gasteiger partial charge on any atom is 0.145 e. The third-order valence-electron chi connectivity index (χ3n) is 12.8. The van der Waals surface area contributed by atoms with Gasteiger partial charge in [-0.2, -0.15) is 0 Å². The van der Waals surface area contributed by atoms with Gasteiger partial charge in [0.25, 0.3) is 0 Å². The van der Waals surface area contributed by atoms with Gasteiger partial charge in [0.1, 0.15) is 22.3 Å². The van der Waals surface area contributed by atoms with Crippen molar-refractivity contribution in [2.24, 2.45) is 0 Å². The number of para-hydroxylation sites is 5. The molecule has 10 aromatic carbocycles. The fourth-order valence-electron chi connectivity index (χ4n) is 9.98. The van der Waals surface area contributed by atoms with Crippen LogP contribution in [0.25, 0.3) is 105 Å². The molecule has 0 atom stereocenters. The van der Waals surface area contributed by atoms with Crippen LogP contribution in [0, 0.1) is 0 Å². The van der Waals surface area contributed by atoms with Gasteiger partial charge in [-0.15, -0.1) is 0 Å². The summed E-state index contributed by atoms with van der Waals surface area (Å²) in [6.07, 6.45) is 0. The highest BCUT2D eigenvalue weighted by Crippen LogP contribution is 2.50. The molecule has 0 unspecified atom stereocenters. The lowest BCUT2D eigenvalue weighted by molar-refractivity contribution is 0.669. The first-order chi connectivity index (χ1) is 31.8. The quantitative estimate of drug-likeness (QED) is 0.161. The van der Waals surface area contributed by atoms with Gasteiger partial charge < -0.3 is 18.3 Å². The molecule has 13 rings (SSSR count). The summed E-state index contributed by atoms with van der Waals surface area (Å²) >= 11 is 0. The molecule has 0 saturated heterocycles. The predicted octanol–water partition coefficient (Wildman–Crippen LogP) is 17.1. The zero-order chi connectivity index (χ0) is 42.1. The highest BCUT2D eigenvalue weighted by Gasteiger charge is 2.26. The molecule has 4 nitrogen and oxygen atoms in total. The number of benzene rings is 10. The van der Waals surface area contributed by atoms with Crippen LogP contribution in [-0.2, 0) is 0 Å². The second-order valence-electron chi connectivity index (χ2n) is 16.4. The lowest BCUT2D eigenvalue weighted by Gasteiger charge is -2.29. The standard InChI is InChI=1S/C60H38N2O2/c1-2-16-39(17-3-1)40-32-34-42(35-33-40)61(43-19-14-18-41(38-43)44-25-15-31-57-58(44)50-24-8-13-30-56(50)63-57)54-37-36-48-47-22-7-12-29-55(47)64-60(48)59(54)49-23-6-11-28-53(49)62-51-26-9-4-20-45(51)46-21-5-10-27-52(46)62/h1-38H. The smallest absolute Gasteiger partial charge is 0.145 e. The molecule has 3 aromatic heterocycles. The third kappa shape index (κ3) is 5.63. The maximum absolute atomic E-state index is 7.05. The largest absolute Gasteiger partial charge is 0.456 e. The Kier molecular flexibility index (Phi) is 8.18. The van der Waals surface area contributed by atoms with Gasteiger partial charge in [0, 0.05) is 49.3 Å². The fourth-order valence-corrected chi connectivity index (χ4v) is 9.98. The molecule has 13 aromatic rings. The normalized spacial score (nSPS) is 11.8. The van der Waals surface area contributed by atoms with Gasteiger partial charge in [-0.3, -0.25) is 0 Å². The van der Waals surface area contributed by atoms with Crippen LogP contribution >= 0.6 is 0 Å². The van der Waals surface area contributed by atoms with Gasteiger partial charge >= 0.3 is 0 Å². The lowest BCUT2D eigenvalue weighted by Crippen LogP contribution is -2.12. The summed E-state index contributed by atoms with van der Waals surface area (Å²) in [6, 6.07) is 82.2. The van der Waals surface area contributed by atoms with Crippen LogP contribution in [0.2, 0.25) is 0 Å². The van der Waals surface area contributed by atoms with Gasteiger partial charge in [0.15, 0.2) is 0 Å². The molecule has 64 heavy (non-hydrogen) atoms. The van der Waals surface area contributed by atoms with Crippen LogP contribution < -0.4 is 4.90 Å². The van der Waals surface area contributed by atoms with Crippen molar-refractivity contribution in [2.45, 2.75) is 0 Å². The van der Waals surface area contributed by atoms with E-state index in [1.54, 1.807) is 0 Å². The molecular formula is C60H38N2O2. The van der Waals surface area contributed by atoms with E-state index < -0.39 is 0 Å². The van der Waals surface area contributed by atoms with Crippen molar-refractivity contribution < 1.29 is 8.83 Å². The first-order valence-electron chi connectivity index (χ1n) is 21.8. The van der Waals surface area contributed by atoms with E-state index in [4.69, 9.17) is 8.83 Å². The van der Waals surface area contributed by atoms with Crippen molar-refractivity contribution in [2.75, 3.05) is 4.90 Å². The van der Waals surface area contributed by atoms with Gasteiger partial charge in [0.2, 0.25) is 0 Å². The zero-order valence-corrected chi connectivity index (χ0v) is 34.7. The van der Waals surface area contributed by atoms with E-state index in [9.17, 15) is 0 Å². The average Bonchev–Trinajstić information content (AvgIpc) is 4.04. The third-order valence-corrected chi connectivity index (χ3v) is 12.8. The van der Waals surface area contributed by atoms with E-state index in [2.05, 4.69) is 222 Å². The Balaban J connectivity index is 1.10. The van der Waals surface area contributed by atoms with Crippen LogP contribution in [0.4, 0.5) is 17.1 Å². The SMILES string of the molecule is c1ccc(-c2ccc(N(c3cccc(-c4cccc5oc6ccccc6c45)c3)c3ccc4c(oc5ccccc54)c3-c3ccccc3-n3c4ccccc4c4ccccc43)cc2)cc1. The molecule has 0 amide bonds. The summed E-state index contributed by atoms with van der Waals surface area (Å²) < 4.78 is 15.9. The highest BCUT2D eigenvalue weighted by atomic mass is 16.3. The number of aromatic nitrogens is 1. The minimum Gasteiger partial charge on any atom is -0.456 e. The Bertz CT molecular complexity index is 3860. The predicted molar refractivity (Wildman–Crippen MR) is 266 cm³/mol. The molecule has 300 valence electrons. The van der Waals surface area contributed by atoms with Crippen LogP contribution in [0.1, 0.15) is 0 Å². The molecule has 0 aliphatic carbocycles. The average molecular weight is 819 g/mol. The fraction of sp³-hybridized carbons (Fsp3) is 0. The minimum atomic E-state index is 0.837. The Morgan fingerprint density at radius 2 is 0.922 bits per heavy atom. The number of fused-ring (bicyclic) bond motifs is 9. The molecule has 0 radical (unpaired) electrons. The van der Waals surface area contributed by atoms with E-state index in [0.29, 0.717) is 0 Å². The summed E-state index contributed by atoms with van der Waals surface area (Å²) in [4.78, 5) is 2.40. The first kappa shape index (κ1) is 36.1. The Hall–Kier alpha value is -8.60. The Morgan fingerprint density at radius 3 is 1.70 bits per heavy atom. The summed E-state index contributed by atoms with van der Waals surface area (Å²) in [5.74, 6) is 0. The van der Waals surface area contributed by atoms with Crippen LogP contribution in [0.3, 0.4) is 0 Å². The van der Waals surface area contributed by atoms with E-state index in [1.165, 1.54) is 16.3 Å². The highest BCUT2D eigenvalue weighted by molar-refractivity contribution is 6.16. The molecule has 0 N–H and O–H groups in total. The van der Waals surface area contributed by atoms with Gasteiger partial charge in [0.05, 0.1) is 28.0 Å². The molecular weight excluding hydrogens is 781 g/mol. The van der Waals surface area contributed by atoms with E-state index in [1.807, 2.05) is 18.2 Å². The molecule has 0 saturated carbocycles. The van der Waals surface area contributed by atoms with Crippen LogP contribution in [0.5, 0.6) is 0 Å². The van der Waals surface area contributed by atoms with Crippen molar-refractivity contribution in [3.63, 3.8) is 0 Å². The topological polar surface area (TPSA) is 34.5 Å². The Morgan fingerprint density at radius 1 is 0.344 bits per heavy atom. The van der Waals surface area contributed by atoms with Crippen molar-refractivity contribution in [3.8, 4) is 39.1 Å². The van der Waals surface area contributed by atoms with E-state index in [0.717, 1.165) is 105 Å². The van der Waals surface area contributed by atoms with Gasteiger partial charge in [-0.1, -0.05) is 158 Å². The summed E-state index contributed by atoms with van der Waals surface area (Å²) in [6.45, 7) is 0. The summed E-state index contributed by atoms with van der Waals surface area (Å²) in [5, 5.41) is 6.79. The summed E-state index contributed by atoms with van der Waals surface area (Å²) in [7, 11) is 0. The van der Waals surface area contributed by atoms with Crippen LogP contribution in [-0.4, -0.2) is 4.57 Å². The minimum absolute atomic E-state index is 0.837. The number of rotatable bonds is 7. The number of hydrogen-bond donors (Lipinski definition) is 0. The number of anilines is 3. The molecule has 0 aliphatic heterocycles. The molecule has 3 heterocycles. The van der Waals surface area contributed by atoms with Crippen LogP contribution in [0.15, 0.2) is 239 Å². The number of nitrogens with zero attached hydrogens (tertiary/aromatic N) is 2. The molecule has 0 aliphatic rings. The van der Waals surface area contributed by atoms with Gasteiger partial charge in [-0.05, 0) is 95.1 Å². The lowest BCUT2D eigenvalue weighted by atomic mass is 9.95. The molecule has 0 bridgehead atoms. The van der Waals surface area contributed by atoms with Crippen molar-refractivity contribution in [3.05, 3.63) is 231 Å². The molecule has 0 spiro atoms. The van der Waals surface area contributed by atoms with Crippen molar-refractivity contribution in [1.29, 1.82) is 0 Å².